The number of rotatable bonds is 3. The molecule has 0 atom stereocenters. The minimum atomic E-state index is 0.737. The quantitative estimate of drug-likeness (QED) is 0.744. The summed E-state index contributed by atoms with van der Waals surface area (Å²) in [6.45, 7) is 2.93. The molecule has 1 aromatic carbocycles. The van der Waals surface area contributed by atoms with Crippen LogP contribution in [0.3, 0.4) is 0 Å². The predicted molar refractivity (Wildman–Crippen MR) is 83.1 cm³/mol. The fraction of sp³-hybridized carbons (Fsp3) is 0.133. The van der Waals surface area contributed by atoms with Crippen molar-refractivity contribution in [1.29, 1.82) is 0 Å². The van der Waals surface area contributed by atoms with Crippen LogP contribution in [0.25, 0.3) is 10.9 Å². The van der Waals surface area contributed by atoms with Gasteiger partial charge in [0.2, 0.25) is 0 Å². The first-order valence-corrected chi connectivity index (χ1v) is 7.26. The van der Waals surface area contributed by atoms with E-state index in [4.69, 9.17) is 11.6 Å². The highest BCUT2D eigenvalue weighted by atomic mass is 35.5. The third-order valence-corrected chi connectivity index (χ3v) is 4.30. The first kappa shape index (κ1) is 12.5. The molecule has 0 saturated carbocycles. The number of fused-ring (bicyclic) bond motifs is 1. The van der Waals surface area contributed by atoms with Crippen LogP contribution in [0.5, 0.6) is 0 Å². The van der Waals surface area contributed by atoms with Crippen LogP contribution in [-0.2, 0) is 6.54 Å². The van der Waals surface area contributed by atoms with Crippen LogP contribution >= 0.6 is 22.9 Å². The maximum absolute atomic E-state index is 6.18. The van der Waals surface area contributed by atoms with Crippen LogP contribution in [-0.4, -0.2) is 4.98 Å². The second-order valence-corrected chi connectivity index (χ2v) is 6.14. The van der Waals surface area contributed by atoms with Gasteiger partial charge in [-0.15, -0.1) is 11.3 Å². The number of hydrogen-bond donors (Lipinski definition) is 1. The third-order valence-electron chi connectivity index (χ3n) is 2.97. The SMILES string of the molecule is Cc1ccc(CNc2ccc(Cl)c3cccnc23)s1. The van der Waals surface area contributed by atoms with Crippen LogP contribution in [0.15, 0.2) is 42.6 Å². The summed E-state index contributed by atoms with van der Waals surface area (Å²) < 4.78 is 0. The van der Waals surface area contributed by atoms with E-state index in [1.165, 1.54) is 9.75 Å². The van der Waals surface area contributed by atoms with E-state index in [9.17, 15) is 0 Å². The van der Waals surface area contributed by atoms with Gasteiger partial charge >= 0.3 is 0 Å². The molecule has 0 bridgehead atoms. The Kier molecular flexibility index (Phi) is 3.40. The largest absolute Gasteiger partial charge is 0.378 e. The van der Waals surface area contributed by atoms with Gasteiger partial charge in [-0.25, -0.2) is 0 Å². The zero-order valence-corrected chi connectivity index (χ0v) is 12.1. The summed E-state index contributed by atoms with van der Waals surface area (Å²) in [7, 11) is 0. The number of halogens is 1. The molecule has 3 aromatic rings. The molecule has 1 N–H and O–H groups in total. The van der Waals surface area contributed by atoms with Crippen molar-refractivity contribution in [2.75, 3.05) is 5.32 Å². The fourth-order valence-electron chi connectivity index (χ4n) is 2.04. The minimum Gasteiger partial charge on any atom is -0.378 e. The zero-order chi connectivity index (χ0) is 13.2. The molecule has 0 aliphatic heterocycles. The number of aryl methyl sites for hydroxylation is 1. The number of thiophene rings is 1. The molecule has 0 aliphatic rings. The Labute approximate surface area is 121 Å². The van der Waals surface area contributed by atoms with Gasteiger partial charge in [0.25, 0.3) is 0 Å². The van der Waals surface area contributed by atoms with Gasteiger partial charge < -0.3 is 5.32 Å². The molecule has 0 unspecified atom stereocenters. The van der Waals surface area contributed by atoms with Crippen LogP contribution < -0.4 is 5.32 Å². The first-order valence-electron chi connectivity index (χ1n) is 6.06. The van der Waals surface area contributed by atoms with E-state index in [0.717, 1.165) is 28.2 Å². The molecule has 4 heteroatoms. The number of hydrogen-bond acceptors (Lipinski definition) is 3. The van der Waals surface area contributed by atoms with Gasteiger partial charge in [-0.3, -0.25) is 4.98 Å². The van der Waals surface area contributed by atoms with Gasteiger partial charge in [0.05, 0.1) is 16.2 Å². The lowest BCUT2D eigenvalue weighted by atomic mass is 10.2. The van der Waals surface area contributed by atoms with E-state index in [1.54, 1.807) is 17.5 Å². The Morgan fingerprint density at radius 1 is 1.21 bits per heavy atom. The van der Waals surface area contributed by atoms with Crippen LogP contribution in [0.2, 0.25) is 5.02 Å². The average molecular weight is 289 g/mol. The molecule has 2 aromatic heterocycles. The monoisotopic (exact) mass is 288 g/mol. The van der Waals surface area contributed by atoms with E-state index in [1.807, 2.05) is 24.3 Å². The van der Waals surface area contributed by atoms with Crippen LogP contribution in [0, 0.1) is 6.92 Å². The summed E-state index contributed by atoms with van der Waals surface area (Å²) in [5, 5.41) is 5.15. The van der Waals surface area contributed by atoms with Crippen LogP contribution in [0.4, 0.5) is 5.69 Å². The number of anilines is 1. The number of nitrogens with one attached hydrogen (secondary N) is 1. The average Bonchev–Trinajstić information content (AvgIpc) is 2.84. The Morgan fingerprint density at radius 3 is 2.89 bits per heavy atom. The summed E-state index contributed by atoms with van der Waals surface area (Å²) in [5.74, 6) is 0. The number of pyridine rings is 1. The van der Waals surface area contributed by atoms with Gasteiger partial charge in [0.15, 0.2) is 0 Å². The molecule has 0 radical (unpaired) electrons. The molecule has 0 fully saturated rings. The van der Waals surface area contributed by atoms with E-state index < -0.39 is 0 Å². The minimum absolute atomic E-state index is 0.737. The van der Waals surface area contributed by atoms with E-state index in [-0.39, 0.29) is 0 Å². The Morgan fingerprint density at radius 2 is 2.11 bits per heavy atom. The molecule has 3 rings (SSSR count). The predicted octanol–water partition coefficient (Wildman–Crippen LogP) is 4.87. The van der Waals surface area contributed by atoms with Crippen molar-refractivity contribution in [2.45, 2.75) is 13.5 Å². The topological polar surface area (TPSA) is 24.9 Å². The van der Waals surface area contributed by atoms with Gasteiger partial charge in [-0.2, -0.15) is 0 Å². The molecule has 0 aliphatic carbocycles. The van der Waals surface area contributed by atoms with Gasteiger partial charge in [0.1, 0.15) is 0 Å². The highest BCUT2D eigenvalue weighted by molar-refractivity contribution is 7.11. The maximum atomic E-state index is 6.18. The molecule has 2 nitrogen and oxygen atoms in total. The Bertz CT molecular complexity index is 721. The van der Waals surface area contributed by atoms with Crippen molar-refractivity contribution in [1.82, 2.24) is 4.98 Å². The van der Waals surface area contributed by atoms with E-state index in [0.29, 0.717) is 0 Å². The van der Waals surface area contributed by atoms with Gasteiger partial charge in [0, 0.05) is 27.9 Å². The third kappa shape index (κ3) is 2.57. The zero-order valence-electron chi connectivity index (χ0n) is 10.5. The Balaban J connectivity index is 1.91. The first-order chi connectivity index (χ1) is 9.24. The summed E-state index contributed by atoms with van der Waals surface area (Å²) in [6.07, 6.45) is 1.79. The molecule has 0 spiro atoms. The summed E-state index contributed by atoms with van der Waals surface area (Å²) in [5.41, 5.74) is 1.94. The van der Waals surface area contributed by atoms with Crippen molar-refractivity contribution in [2.24, 2.45) is 0 Å². The molecular weight excluding hydrogens is 276 g/mol. The molecule has 96 valence electrons. The standard InChI is InChI=1S/C15H13ClN2S/c1-10-4-5-11(19-10)9-18-14-7-6-13(16)12-3-2-8-17-15(12)14/h2-8,18H,9H2,1H3. The van der Waals surface area contributed by atoms with Crippen molar-refractivity contribution in [3.05, 3.63) is 57.4 Å². The lowest BCUT2D eigenvalue weighted by Crippen LogP contribution is -1.99. The normalized spacial score (nSPS) is 10.8. The van der Waals surface area contributed by atoms with Crippen LogP contribution in [0.1, 0.15) is 9.75 Å². The second kappa shape index (κ2) is 5.19. The summed E-state index contributed by atoms with van der Waals surface area (Å²) in [6, 6.07) is 12.1. The van der Waals surface area contributed by atoms with Crippen molar-refractivity contribution in [3.8, 4) is 0 Å². The molecular formula is C15H13ClN2S. The number of nitrogens with zero attached hydrogens (tertiary/aromatic N) is 1. The highest BCUT2D eigenvalue weighted by Crippen LogP contribution is 2.28. The number of aromatic nitrogens is 1. The van der Waals surface area contributed by atoms with E-state index >= 15 is 0 Å². The van der Waals surface area contributed by atoms with Crippen molar-refractivity contribution in [3.63, 3.8) is 0 Å². The maximum Gasteiger partial charge on any atom is 0.0948 e. The highest BCUT2D eigenvalue weighted by Gasteiger charge is 2.05. The summed E-state index contributed by atoms with van der Waals surface area (Å²) in [4.78, 5) is 7.06. The molecule has 2 heterocycles. The summed E-state index contributed by atoms with van der Waals surface area (Å²) >= 11 is 7.99. The molecule has 0 amide bonds. The Hall–Kier alpha value is -1.58. The lowest BCUT2D eigenvalue weighted by molar-refractivity contribution is 1.19. The smallest absolute Gasteiger partial charge is 0.0948 e. The van der Waals surface area contributed by atoms with Crippen molar-refractivity contribution < 1.29 is 0 Å². The van der Waals surface area contributed by atoms with Crippen molar-refractivity contribution >= 4 is 39.5 Å². The fourth-order valence-corrected chi connectivity index (χ4v) is 3.09. The van der Waals surface area contributed by atoms with E-state index in [2.05, 4.69) is 29.4 Å². The molecule has 19 heavy (non-hydrogen) atoms. The second-order valence-electron chi connectivity index (χ2n) is 4.36. The number of benzene rings is 1. The van der Waals surface area contributed by atoms with Gasteiger partial charge in [-0.05, 0) is 43.3 Å². The van der Waals surface area contributed by atoms with Gasteiger partial charge in [-0.1, -0.05) is 11.6 Å². The molecule has 0 saturated heterocycles. The lowest BCUT2D eigenvalue weighted by Gasteiger charge is -2.09.